The van der Waals surface area contributed by atoms with Crippen LogP contribution >= 0.6 is 0 Å². The first-order valence-corrected chi connectivity index (χ1v) is 8.01. The van der Waals surface area contributed by atoms with E-state index in [4.69, 9.17) is 11.2 Å². The van der Waals surface area contributed by atoms with Crippen molar-refractivity contribution in [3.8, 4) is 12.3 Å². The molecule has 0 aliphatic carbocycles. The van der Waals surface area contributed by atoms with E-state index in [9.17, 15) is 4.79 Å². The number of anilines is 1. The molecule has 0 spiro atoms. The summed E-state index contributed by atoms with van der Waals surface area (Å²) in [4.78, 5) is 12.0. The number of carbonyl (C=O) groups excluding carboxylic acids is 1. The first kappa shape index (κ1) is 15.7. The van der Waals surface area contributed by atoms with E-state index in [-0.39, 0.29) is 5.91 Å². The Balaban J connectivity index is 1.45. The lowest BCUT2D eigenvalue weighted by atomic mass is 10.0. The van der Waals surface area contributed by atoms with Gasteiger partial charge in [-0.15, -0.1) is 12.3 Å². The highest BCUT2D eigenvalue weighted by Gasteiger charge is 2.39. The van der Waals surface area contributed by atoms with Crippen molar-refractivity contribution in [2.75, 3.05) is 18.5 Å². The number of nitrogens with zero attached hydrogens (tertiary/aromatic N) is 4. The van der Waals surface area contributed by atoms with Gasteiger partial charge in [-0.1, -0.05) is 0 Å². The number of ether oxygens (including phenoxy) is 1. The van der Waals surface area contributed by atoms with Gasteiger partial charge in [0.25, 0.3) is 0 Å². The summed E-state index contributed by atoms with van der Waals surface area (Å²) in [5.74, 6) is 3.10. The molecule has 1 aromatic rings. The number of terminal acetylenes is 1. The molecule has 1 aromatic heterocycles. The van der Waals surface area contributed by atoms with Gasteiger partial charge in [0, 0.05) is 51.2 Å². The third kappa shape index (κ3) is 4.17. The third-order valence-corrected chi connectivity index (χ3v) is 4.25. The van der Waals surface area contributed by atoms with Gasteiger partial charge in [0.2, 0.25) is 5.91 Å². The number of rotatable bonds is 7. The zero-order valence-electron chi connectivity index (χ0n) is 13.1. The van der Waals surface area contributed by atoms with Crippen LogP contribution in [-0.2, 0) is 9.53 Å². The van der Waals surface area contributed by atoms with Crippen molar-refractivity contribution in [3.63, 3.8) is 0 Å². The van der Waals surface area contributed by atoms with Crippen LogP contribution in [0.25, 0.3) is 0 Å². The van der Waals surface area contributed by atoms with Crippen molar-refractivity contribution in [2.45, 2.75) is 50.2 Å². The predicted molar refractivity (Wildman–Crippen MR) is 84.8 cm³/mol. The molecule has 3 rings (SSSR count). The lowest BCUT2D eigenvalue weighted by Gasteiger charge is -2.22. The maximum atomic E-state index is 12.0. The number of hydrogen-bond donors (Lipinski definition) is 1. The Hall–Kier alpha value is -2.20. The Morgan fingerprint density at radius 3 is 2.91 bits per heavy atom. The lowest BCUT2D eigenvalue weighted by Crippen LogP contribution is -2.21. The minimum Gasteiger partial charge on any atom is -0.381 e. The van der Waals surface area contributed by atoms with Crippen LogP contribution in [0.1, 0.15) is 44.6 Å². The van der Waals surface area contributed by atoms with Crippen LogP contribution in [0, 0.1) is 12.3 Å². The standard InChI is InChI=1S/C16H21N5O2/c1-2-3-8-16(19-20-16)9-4-15(22)17-14-5-10-21(18-14)13-6-11-23-12-7-13/h1,5,10,13H,3-4,6-9,11-12H2,(H,17,18,22). The summed E-state index contributed by atoms with van der Waals surface area (Å²) >= 11 is 0. The fourth-order valence-electron chi connectivity index (χ4n) is 2.74. The van der Waals surface area contributed by atoms with Crippen LogP contribution in [0.3, 0.4) is 0 Å². The smallest absolute Gasteiger partial charge is 0.225 e. The van der Waals surface area contributed by atoms with Crippen LogP contribution in [0.15, 0.2) is 22.5 Å². The van der Waals surface area contributed by atoms with Crippen molar-refractivity contribution in [2.24, 2.45) is 10.2 Å². The molecule has 0 atom stereocenters. The number of carbonyl (C=O) groups is 1. The molecule has 0 radical (unpaired) electrons. The largest absolute Gasteiger partial charge is 0.381 e. The number of aromatic nitrogens is 2. The van der Waals surface area contributed by atoms with Crippen LogP contribution in [0.2, 0.25) is 0 Å². The van der Waals surface area contributed by atoms with E-state index >= 15 is 0 Å². The fourth-order valence-corrected chi connectivity index (χ4v) is 2.74. The summed E-state index contributed by atoms with van der Waals surface area (Å²) in [6.07, 6.45) is 11.4. The number of hydrogen-bond acceptors (Lipinski definition) is 5. The second-order valence-electron chi connectivity index (χ2n) is 5.96. The number of amides is 1. The molecule has 2 aliphatic rings. The summed E-state index contributed by atoms with van der Waals surface area (Å²) in [6.45, 7) is 1.53. The average Bonchev–Trinajstić information content (AvgIpc) is 3.21. The molecule has 1 N–H and O–H groups in total. The highest BCUT2D eigenvalue weighted by atomic mass is 16.5. The molecule has 0 bridgehead atoms. The summed E-state index contributed by atoms with van der Waals surface area (Å²) in [6, 6.07) is 2.18. The first-order chi connectivity index (χ1) is 11.2. The Bertz CT molecular complexity index is 619. The maximum absolute atomic E-state index is 12.0. The molecule has 1 saturated heterocycles. The summed E-state index contributed by atoms with van der Waals surface area (Å²) < 4.78 is 7.26. The van der Waals surface area contributed by atoms with E-state index in [1.54, 1.807) is 0 Å². The number of nitrogens with one attached hydrogen (secondary N) is 1. The van der Waals surface area contributed by atoms with Gasteiger partial charge in [-0.25, -0.2) is 0 Å². The van der Waals surface area contributed by atoms with Gasteiger partial charge >= 0.3 is 0 Å². The highest BCUT2D eigenvalue weighted by molar-refractivity contribution is 5.89. The van der Waals surface area contributed by atoms with Gasteiger partial charge in [0.1, 0.15) is 0 Å². The molecule has 1 amide bonds. The fraction of sp³-hybridized carbons (Fsp3) is 0.625. The predicted octanol–water partition coefficient (Wildman–Crippen LogP) is 2.53. The van der Waals surface area contributed by atoms with Crippen molar-refractivity contribution < 1.29 is 9.53 Å². The SMILES string of the molecule is C#CCCC1(CCC(=O)Nc2ccn(C3CCOCC3)n2)N=N1. The van der Waals surface area contributed by atoms with E-state index in [0.717, 1.165) is 32.5 Å². The molecule has 1 fully saturated rings. The monoisotopic (exact) mass is 315 g/mol. The Morgan fingerprint density at radius 1 is 1.43 bits per heavy atom. The molecule has 0 saturated carbocycles. The van der Waals surface area contributed by atoms with Crippen molar-refractivity contribution in [1.82, 2.24) is 9.78 Å². The van der Waals surface area contributed by atoms with Gasteiger partial charge < -0.3 is 10.1 Å². The molecule has 0 unspecified atom stereocenters. The van der Waals surface area contributed by atoms with Crippen LogP contribution in [0.4, 0.5) is 5.82 Å². The normalized spacial score (nSPS) is 19.3. The molecule has 0 aromatic carbocycles. The first-order valence-electron chi connectivity index (χ1n) is 8.01. The van der Waals surface area contributed by atoms with Gasteiger partial charge in [0.15, 0.2) is 11.5 Å². The summed E-state index contributed by atoms with van der Waals surface area (Å²) in [5, 5.41) is 15.3. The Morgan fingerprint density at radius 2 is 2.22 bits per heavy atom. The minimum absolute atomic E-state index is 0.0698. The second kappa shape index (κ2) is 6.92. The van der Waals surface area contributed by atoms with E-state index in [1.807, 2.05) is 16.9 Å². The molecule has 122 valence electrons. The van der Waals surface area contributed by atoms with Gasteiger partial charge in [0.05, 0.1) is 6.04 Å². The second-order valence-corrected chi connectivity index (χ2v) is 5.96. The van der Waals surface area contributed by atoms with Crippen molar-refractivity contribution >= 4 is 11.7 Å². The van der Waals surface area contributed by atoms with Gasteiger partial charge in [-0.2, -0.15) is 15.3 Å². The summed E-state index contributed by atoms with van der Waals surface area (Å²) in [5.41, 5.74) is -0.412. The van der Waals surface area contributed by atoms with E-state index < -0.39 is 5.66 Å². The minimum atomic E-state index is -0.412. The average molecular weight is 315 g/mol. The molecule has 2 aliphatic heterocycles. The molecule has 7 nitrogen and oxygen atoms in total. The zero-order chi connectivity index (χ0) is 16.1. The van der Waals surface area contributed by atoms with E-state index in [2.05, 4.69) is 26.6 Å². The van der Waals surface area contributed by atoms with Crippen molar-refractivity contribution in [3.05, 3.63) is 12.3 Å². The van der Waals surface area contributed by atoms with E-state index in [1.165, 1.54) is 0 Å². The lowest BCUT2D eigenvalue weighted by molar-refractivity contribution is -0.116. The van der Waals surface area contributed by atoms with Gasteiger partial charge in [-0.05, 0) is 12.8 Å². The Kier molecular flexibility index (Phi) is 4.72. The van der Waals surface area contributed by atoms with E-state index in [0.29, 0.717) is 31.1 Å². The topological polar surface area (TPSA) is 80.9 Å². The molecule has 7 heteroatoms. The van der Waals surface area contributed by atoms with Crippen LogP contribution < -0.4 is 5.32 Å². The van der Waals surface area contributed by atoms with Crippen LogP contribution in [0.5, 0.6) is 0 Å². The quantitative estimate of drug-likeness (QED) is 0.785. The zero-order valence-corrected chi connectivity index (χ0v) is 13.1. The molecular weight excluding hydrogens is 294 g/mol. The maximum Gasteiger partial charge on any atom is 0.225 e. The van der Waals surface area contributed by atoms with Crippen LogP contribution in [-0.4, -0.2) is 34.6 Å². The summed E-state index contributed by atoms with van der Waals surface area (Å²) in [7, 11) is 0. The molecule has 23 heavy (non-hydrogen) atoms. The van der Waals surface area contributed by atoms with Crippen molar-refractivity contribution in [1.29, 1.82) is 0 Å². The Labute approximate surface area is 135 Å². The van der Waals surface area contributed by atoms with Gasteiger partial charge in [-0.3, -0.25) is 9.48 Å². The molecular formula is C16H21N5O2. The third-order valence-electron chi connectivity index (χ3n) is 4.25. The highest BCUT2D eigenvalue weighted by Crippen LogP contribution is 2.37. The molecule has 3 heterocycles.